The van der Waals surface area contributed by atoms with E-state index in [1.165, 1.54) is 53.4 Å². The van der Waals surface area contributed by atoms with Gasteiger partial charge in [-0.25, -0.2) is 9.18 Å². The zero-order valence-electron chi connectivity index (χ0n) is 26.6. The molecule has 1 aliphatic carbocycles. The second-order valence-corrected chi connectivity index (χ2v) is 13.4. The van der Waals surface area contributed by atoms with Gasteiger partial charge in [-0.05, 0) is 98.7 Å². The summed E-state index contributed by atoms with van der Waals surface area (Å²) in [5.41, 5.74) is 2.77. The van der Waals surface area contributed by atoms with E-state index in [1.54, 1.807) is 55.5 Å². The Morgan fingerprint density at radius 3 is 2.42 bits per heavy atom. The molecule has 1 heterocycles. The van der Waals surface area contributed by atoms with Crippen molar-refractivity contribution in [2.24, 2.45) is 0 Å². The average Bonchev–Trinajstić information content (AvgIpc) is 3.46. The maximum Gasteiger partial charge on any atom is 0.341 e. The van der Waals surface area contributed by atoms with Gasteiger partial charge in [0, 0.05) is 21.0 Å². The zero-order valence-corrected chi connectivity index (χ0v) is 28.3. The molecule has 1 aliphatic rings. The first-order chi connectivity index (χ1) is 23.2. The average molecular weight is 686 g/mol. The minimum atomic E-state index is -0.580. The van der Waals surface area contributed by atoms with Crippen LogP contribution in [0.15, 0.2) is 89.5 Å². The van der Waals surface area contributed by atoms with E-state index >= 15 is 0 Å². The first kappa shape index (κ1) is 34.6. The number of anilines is 2. The maximum absolute atomic E-state index is 13.5. The summed E-state index contributed by atoms with van der Waals surface area (Å²) in [5, 5.41) is 8.57. The number of nitrogens with one attached hydrogen (secondary N) is 3. The van der Waals surface area contributed by atoms with E-state index in [4.69, 9.17) is 4.74 Å². The zero-order chi connectivity index (χ0) is 34.0. The lowest BCUT2D eigenvalue weighted by molar-refractivity contribution is -0.116. The van der Waals surface area contributed by atoms with Gasteiger partial charge < -0.3 is 20.7 Å². The second kappa shape index (κ2) is 16.4. The Morgan fingerprint density at radius 2 is 1.69 bits per heavy atom. The SMILES string of the molecule is CCOC(=O)c1c(NC(=O)C(CC)Sc2cccc(NC(=O)/C(=C\c3ccc(F)cc3)NC(=O)c3ccccc3)c2)sc2c1CCCC2. The van der Waals surface area contributed by atoms with Crippen molar-refractivity contribution in [3.8, 4) is 0 Å². The molecule has 48 heavy (non-hydrogen) atoms. The molecule has 0 aliphatic heterocycles. The van der Waals surface area contributed by atoms with E-state index in [-0.39, 0.29) is 18.2 Å². The van der Waals surface area contributed by atoms with E-state index < -0.39 is 28.9 Å². The Bertz CT molecular complexity index is 1820. The van der Waals surface area contributed by atoms with Crippen LogP contribution in [0.2, 0.25) is 0 Å². The van der Waals surface area contributed by atoms with Crippen LogP contribution < -0.4 is 16.0 Å². The van der Waals surface area contributed by atoms with Crippen molar-refractivity contribution in [2.75, 3.05) is 17.2 Å². The van der Waals surface area contributed by atoms with Crippen molar-refractivity contribution in [3.05, 3.63) is 118 Å². The van der Waals surface area contributed by atoms with E-state index in [9.17, 15) is 23.6 Å². The van der Waals surface area contributed by atoms with Gasteiger partial charge in [0.25, 0.3) is 11.8 Å². The van der Waals surface area contributed by atoms with Crippen LogP contribution in [0.25, 0.3) is 6.08 Å². The fourth-order valence-electron chi connectivity index (χ4n) is 5.27. The lowest BCUT2D eigenvalue weighted by Gasteiger charge is -2.16. The van der Waals surface area contributed by atoms with Gasteiger partial charge in [0.15, 0.2) is 0 Å². The quantitative estimate of drug-likeness (QED) is 0.0795. The molecule has 1 unspecified atom stereocenters. The molecule has 248 valence electrons. The minimum Gasteiger partial charge on any atom is -0.462 e. The van der Waals surface area contributed by atoms with E-state index in [2.05, 4.69) is 16.0 Å². The Balaban J connectivity index is 1.31. The third-order valence-electron chi connectivity index (χ3n) is 7.63. The Labute approximate surface area is 287 Å². The van der Waals surface area contributed by atoms with Crippen LogP contribution in [0.1, 0.15) is 69.8 Å². The monoisotopic (exact) mass is 685 g/mol. The summed E-state index contributed by atoms with van der Waals surface area (Å²) in [6.45, 7) is 3.93. The van der Waals surface area contributed by atoms with Crippen molar-refractivity contribution in [2.45, 2.75) is 56.1 Å². The molecule has 3 aromatic carbocycles. The lowest BCUT2D eigenvalue weighted by atomic mass is 9.95. The van der Waals surface area contributed by atoms with Gasteiger partial charge >= 0.3 is 5.97 Å². The topological polar surface area (TPSA) is 114 Å². The molecule has 0 spiro atoms. The van der Waals surface area contributed by atoms with Crippen LogP contribution in [0.4, 0.5) is 15.1 Å². The largest absolute Gasteiger partial charge is 0.462 e. The normalized spacial score (nSPS) is 13.2. The van der Waals surface area contributed by atoms with Crippen LogP contribution in [0.5, 0.6) is 0 Å². The molecule has 1 atom stereocenters. The summed E-state index contributed by atoms with van der Waals surface area (Å²) in [7, 11) is 0. The second-order valence-electron chi connectivity index (χ2n) is 11.1. The highest BCUT2D eigenvalue weighted by molar-refractivity contribution is 8.00. The molecule has 4 aromatic rings. The third-order valence-corrected chi connectivity index (χ3v) is 10.2. The van der Waals surface area contributed by atoms with Crippen LogP contribution in [0, 0.1) is 5.82 Å². The van der Waals surface area contributed by atoms with Gasteiger partial charge in [0.1, 0.15) is 16.5 Å². The number of benzene rings is 3. The highest BCUT2D eigenvalue weighted by Gasteiger charge is 2.29. The van der Waals surface area contributed by atoms with Crippen LogP contribution in [0.3, 0.4) is 0 Å². The number of thioether (sulfide) groups is 1. The van der Waals surface area contributed by atoms with Crippen molar-refractivity contribution in [1.82, 2.24) is 5.32 Å². The number of ether oxygens (including phenoxy) is 1. The third kappa shape index (κ3) is 8.78. The molecular weight excluding hydrogens is 650 g/mol. The molecular formula is C37H36FN3O5S2. The minimum absolute atomic E-state index is 0.0321. The lowest BCUT2D eigenvalue weighted by Crippen LogP contribution is -2.30. The molecule has 5 rings (SSSR count). The molecule has 8 nitrogen and oxygen atoms in total. The predicted octanol–water partition coefficient (Wildman–Crippen LogP) is 7.86. The molecule has 1 aromatic heterocycles. The Morgan fingerprint density at radius 1 is 0.938 bits per heavy atom. The number of esters is 1. The molecule has 0 fully saturated rings. The van der Waals surface area contributed by atoms with Crippen LogP contribution in [-0.2, 0) is 27.2 Å². The number of amides is 3. The molecule has 11 heteroatoms. The summed E-state index contributed by atoms with van der Waals surface area (Å²) < 4.78 is 18.9. The van der Waals surface area contributed by atoms with Gasteiger partial charge in [0.05, 0.1) is 17.4 Å². The Hall–Kier alpha value is -4.74. The number of hydrogen-bond donors (Lipinski definition) is 3. The van der Waals surface area contributed by atoms with E-state index in [0.29, 0.717) is 33.8 Å². The van der Waals surface area contributed by atoms with Gasteiger partial charge in [-0.15, -0.1) is 23.1 Å². The number of halogens is 1. The summed E-state index contributed by atoms with van der Waals surface area (Å²) in [6, 6.07) is 21.1. The molecule has 3 amide bonds. The molecule has 0 saturated carbocycles. The smallest absolute Gasteiger partial charge is 0.341 e. The number of fused-ring (bicyclic) bond motifs is 1. The van der Waals surface area contributed by atoms with Crippen molar-refractivity contribution in [3.63, 3.8) is 0 Å². The number of carbonyl (C=O) groups excluding carboxylic acids is 4. The first-order valence-electron chi connectivity index (χ1n) is 15.8. The molecule has 3 N–H and O–H groups in total. The number of carbonyl (C=O) groups is 4. The summed E-state index contributed by atoms with van der Waals surface area (Å²) in [4.78, 5) is 54.7. The van der Waals surface area contributed by atoms with Crippen LogP contribution >= 0.6 is 23.1 Å². The molecule has 0 bridgehead atoms. The van der Waals surface area contributed by atoms with Crippen molar-refractivity contribution < 1.29 is 28.3 Å². The van der Waals surface area contributed by atoms with Crippen molar-refractivity contribution in [1.29, 1.82) is 0 Å². The summed E-state index contributed by atoms with van der Waals surface area (Å²) >= 11 is 2.79. The van der Waals surface area contributed by atoms with Crippen LogP contribution in [-0.4, -0.2) is 35.5 Å². The highest BCUT2D eigenvalue weighted by Crippen LogP contribution is 2.39. The number of hydrogen-bond acceptors (Lipinski definition) is 7. The maximum atomic E-state index is 13.5. The Kier molecular flexibility index (Phi) is 11.8. The van der Waals surface area contributed by atoms with Gasteiger partial charge in [-0.3, -0.25) is 14.4 Å². The number of rotatable bonds is 12. The predicted molar refractivity (Wildman–Crippen MR) is 189 cm³/mol. The molecule has 0 radical (unpaired) electrons. The molecule has 0 saturated heterocycles. The van der Waals surface area contributed by atoms with Gasteiger partial charge in [-0.1, -0.05) is 43.3 Å². The fraction of sp³-hybridized carbons (Fsp3) is 0.243. The number of aryl methyl sites for hydroxylation is 1. The van der Waals surface area contributed by atoms with E-state index in [1.807, 2.05) is 13.0 Å². The van der Waals surface area contributed by atoms with E-state index in [0.717, 1.165) is 41.0 Å². The fourth-order valence-corrected chi connectivity index (χ4v) is 7.56. The van der Waals surface area contributed by atoms with Gasteiger partial charge in [-0.2, -0.15) is 0 Å². The standard InChI is InChI=1S/C37H36FN3O5S2/c1-3-30(35(44)41-36-32(37(45)46-4-2)28-15-8-9-16-31(28)48-36)47-27-14-10-13-26(22-27)39-34(43)29(21-23-17-19-25(38)20-18-23)40-33(42)24-11-6-5-7-12-24/h5-7,10-14,17-22,30H,3-4,8-9,15-16H2,1-2H3,(H,39,43)(H,40,42)(H,41,44)/b29-21+. The first-order valence-corrected chi connectivity index (χ1v) is 17.5. The summed E-state index contributed by atoms with van der Waals surface area (Å²) in [6.07, 6.45) is 5.70. The van der Waals surface area contributed by atoms with Crippen molar-refractivity contribution >= 4 is 63.6 Å². The highest BCUT2D eigenvalue weighted by atomic mass is 32.2. The van der Waals surface area contributed by atoms with Gasteiger partial charge in [0.2, 0.25) is 5.91 Å². The summed E-state index contributed by atoms with van der Waals surface area (Å²) in [5.74, 6) is -2.12. The number of thiophene rings is 1.